The lowest BCUT2D eigenvalue weighted by Gasteiger charge is -2.46. The zero-order valence-electron chi connectivity index (χ0n) is 12.8. The quantitative estimate of drug-likeness (QED) is 0.899. The highest BCUT2D eigenvalue weighted by atomic mass is 16.5. The highest BCUT2D eigenvalue weighted by molar-refractivity contribution is 5.27. The van der Waals surface area contributed by atoms with Gasteiger partial charge in [0.1, 0.15) is 5.75 Å². The first-order valence-corrected chi connectivity index (χ1v) is 7.54. The molecule has 2 unspecified atom stereocenters. The second kappa shape index (κ2) is 6.55. The van der Waals surface area contributed by atoms with Crippen LogP contribution in [0.1, 0.15) is 51.2 Å². The van der Waals surface area contributed by atoms with Crippen molar-refractivity contribution in [3.05, 3.63) is 24.0 Å². The summed E-state index contributed by atoms with van der Waals surface area (Å²) in [5, 5.41) is 10.9. The van der Waals surface area contributed by atoms with Crippen LogP contribution in [-0.2, 0) is 0 Å². The smallest absolute Gasteiger partial charge is 0.137 e. The van der Waals surface area contributed by atoms with Crippen LogP contribution in [0.2, 0.25) is 0 Å². The Morgan fingerprint density at radius 2 is 2.05 bits per heavy atom. The number of pyridine rings is 1. The molecule has 2 rings (SSSR count). The van der Waals surface area contributed by atoms with E-state index >= 15 is 0 Å². The zero-order valence-corrected chi connectivity index (χ0v) is 12.8. The molecule has 0 saturated carbocycles. The van der Waals surface area contributed by atoms with Gasteiger partial charge in [-0.1, -0.05) is 13.3 Å². The van der Waals surface area contributed by atoms with Gasteiger partial charge in [-0.25, -0.2) is 0 Å². The van der Waals surface area contributed by atoms with Crippen LogP contribution < -0.4 is 4.74 Å². The lowest BCUT2D eigenvalue weighted by molar-refractivity contribution is -0.0354. The summed E-state index contributed by atoms with van der Waals surface area (Å²) >= 11 is 0. The molecule has 0 amide bonds. The number of aromatic nitrogens is 1. The normalized spacial score (nSPS) is 21.2. The number of nitrogens with zero attached hydrogens (tertiary/aromatic N) is 2. The van der Waals surface area contributed by atoms with Gasteiger partial charge in [0.15, 0.2) is 0 Å². The van der Waals surface area contributed by atoms with Crippen molar-refractivity contribution in [2.24, 2.45) is 0 Å². The standard InChI is InChI=1S/C16H26N2O2/c1-4-16(2,18-8-6-5-7-9-18)15(19)13-10-14(20-3)12-17-11-13/h10-12,15,19H,4-9H2,1-3H3. The fourth-order valence-electron chi connectivity index (χ4n) is 3.05. The SMILES string of the molecule is CCC(C)(C(O)c1cncc(OC)c1)N1CCCCC1. The molecule has 1 fully saturated rings. The molecular formula is C16H26N2O2. The molecule has 20 heavy (non-hydrogen) atoms. The van der Waals surface area contributed by atoms with Crippen molar-refractivity contribution in [3.8, 4) is 5.75 Å². The molecule has 4 heteroatoms. The van der Waals surface area contributed by atoms with Gasteiger partial charge in [0, 0.05) is 17.3 Å². The predicted molar refractivity (Wildman–Crippen MR) is 79.9 cm³/mol. The number of rotatable bonds is 5. The van der Waals surface area contributed by atoms with E-state index in [1.807, 2.05) is 6.07 Å². The van der Waals surface area contributed by atoms with E-state index in [0.29, 0.717) is 5.75 Å². The van der Waals surface area contributed by atoms with E-state index in [1.165, 1.54) is 19.3 Å². The molecule has 0 aromatic carbocycles. The van der Waals surface area contributed by atoms with Crippen molar-refractivity contribution in [2.75, 3.05) is 20.2 Å². The molecule has 4 nitrogen and oxygen atoms in total. The summed E-state index contributed by atoms with van der Waals surface area (Å²) in [6.45, 7) is 6.44. The third kappa shape index (κ3) is 2.96. The summed E-state index contributed by atoms with van der Waals surface area (Å²) in [5.41, 5.74) is 0.591. The van der Waals surface area contributed by atoms with Gasteiger partial charge in [-0.3, -0.25) is 9.88 Å². The van der Waals surface area contributed by atoms with Gasteiger partial charge in [0.25, 0.3) is 0 Å². The number of hydrogen-bond donors (Lipinski definition) is 1. The third-order valence-electron chi connectivity index (χ3n) is 4.67. The van der Waals surface area contributed by atoms with Gasteiger partial charge in [-0.05, 0) is 45.3 Å². The number of likely N-dealkylation sites (tertiary alicyclic amines) is 1. The average Bonchev–Trinajstić information content (AvgIpc) is 2.54. The second-order valence-electron chi connectivity index (χ2n) is 5.82. The zero-order chi connectivity index (χ0) is 14.6. The fraction of sp³-hybridized carbons (Fsp3) is 0.688. The van der Waals surface area contributed by atoms with E-state index in [2.05, 4.69) is 23.7 Å². The van der Waals surface area contributed by atoms with Gasteiger partial charge in [0.2, 0.25) is 0 Å². The number of ether oxygens (including phenoxy) is 1. The Kier molecular flexibility index (Phi) is 5.00. The largest absolute Gasteiger partial charge is 0.495 e. The Labute approximate surface area is 121 Å². The minimum absolute atomic E-state index is 0.242. The molecule has 0 bridgehead atoms. The predicted octanol–water partition coefficient (Wildman–Crippen LogP) is 2.78. The third-order valence-corrected chi connectivity index (χ3v) is 4.67. The van der Waals surface area contributed by atoms with Gasteiger partial charge in [0.05, 0.1) is 19.4 Å². The average molecular weight is 278 g/mol. The molecule has 1 aromatic heterocycles. The van der Waals surface area contributed by atoms with Crippen molar-refractivity contribution < 1.29 is 9.84 Å². The summed E-state index contributed by atoms with van der Waals surface area (Å²) in [6.07, 6.45) is 7.51. The molecule has 1 N–H and O–H groups in total. The van der Waals surface area contributed by atoms with E-state index in [-0.39, 0.29) is 5.54 Å². The second-order valence-corrected chi connectivity index (χ2v) is 5.82. The molecule has 1 aliphatic heterocycles. The number of hydrogen-bond acceptors (Lipinski definition) is 4. The highest BCUT2D eigenvalue weighted by Gasteiger charge is 2.38. The van der Waals surface area contributed by atoms with Gasteiger partial charge in [-0.2, -0.15) is 0 Å². The summed E-state index contributed by atoms with van der Waals surface area (Å²) < 4.78 is 5.21. The van der Waals surface area contributed by atoms with Crippen LogP contribution >= 0.6 is 0 Å². The van der Waals surface area contributed by atoms with E-state index in [1.54, 1.807) is 19.5 Å². The molecule has 0 radical (unpaired) electrons. The minimum Gasteiger partial charge on any atom is -0.495 e. The molecule has 112 valence electrons. The van der Waals surface area contributed by atoms with E-state index in [9.17, 15) is 5.11 Å². The lowest BCUT2D eigenvalue weighted by atomic mass is 9.84. The van der Waals surface area contributed by atoms with Crippen molar-refractivity contribution in [1.82, 2.24) is 9.88 Å². The van der Waals surface area contributed by atoms with Gasteiger partial charge in [-0.15, -0.1) is 0 Å². The molecule has 1 aromatic rings. The number of aliphatic hydroxyl groups excluding tert-OH is 1. The van der Waals surface area contributed by atoms with Crippen LogP contribution in [0.15, 0.2) is 18.5 Å². The Hall–Kier alpha value is -1.13. The maximum Gasteiger partial charge on any atom is 0.137 e. The van der Waals surface area contributed by atoms with Crippen molar-refractivity contribution in [1.29, 1.82) is 0 Å². The maximum atomic E-state index is 10.9. The highest BCUT2D eigenvalue weighted by Crippen LogP contribution is 2.36. The number of methoxy groups -OCH3 is 1. The van der Waals surface area contributed by atoms with Gasteiger partial charge >= 0.3 is 0 Å². The molecular weight excluding hydrogens is 252 g/mol. The summed E-state index contributed by atoms with van der Waals surface area (Å²) in [5.74, 6) is 0.693. The van der Waals surface area contributed by atoms with Crippen LogP contribution in [-0.4, -0.2) is 40.7 Å². The molecule has 2 atom stereocenters. The summed E-state index contributed by atoms with van der Waals surface area (Å²) in [6, 6.07) is 1.88. The first-order valence-electron chi connectivity index (χ1n) is 7.54. The van der Waals surface area contributed by atoms with Crippen LogP contribution in [0.25, 0.3) is 0 Å². The number of piperidine rings is 1. The Morgan fingerprint density at radius 1 is 1.35 bits per heavy atom. The van der Waals surface area contributed by atoms with E-state index in [4.69, 9.17) is 4.74 Å². The number of aliphatic hydroxyl groups is 1. The lowest BCUT2D eigenvalue weighted by Crippen LogP contribution is -2.52. The van der Waals surface area contributed by atoms with Crippen molar-refractivity contribution in [3.63, 3.8) is 0 Å². The Bertz CT molecular complexity index is 432. The Balaban J connectivity index is 2.24. The van der Waals surface area contributed by atoms with Crippen LogP contribution in [0.5, 0.6) is 5.75 Å². The van der Waals surface area contributed by atoms with Gasteiger partial charge < -0.3 is 9.84 Å². The van der Waals surface area contributed by atoms with E-state index < -0.39 is 6.10 Å². The molecule has 1 aliphatic rings. The monoisotopic (exact) mass is 278 g/mol. The first kappa shape index (κ1) is 15.3. The topological polar surface area (TPSA) is 45.6 Å². The molecule has 2 heterocycles. The minimum atomic E-state index is -0.548. The Morgan fingerprint density at radius 3 is 2.65 bits per heavy atom. The maximum absolute atomic E-state index is 10.9. The van der Waals surface area contributed by atoms with Crippen LogP contribution in [0.3, 0.4) is 0 Å². The summed E-state index contributed by atoms with van der Waals surface area (Å²) in [4.78, 5) is 6.60. The molecule has 1 saturated heterocycles. The van der Waals surface area contributed by atoms with Crippen LogP contribution in [0.4, 0.5) is 0 Å². The van der Waals surface area contributed by atoms with E-state index in [0.717, 1.165) is 25.1 Å². The summed E-state index contributed by atoms with van der Waals surface area (Å²) in [7, 11) is 1.62. The molecule has 0 aliphatic carbocycles. The first-order chi connectivity index (χ1) is 9.61. The van der Waals surface area contributed by atoms with Crippen molar-refractivity contribution in [2.45, 2.75) is 51.2 Å². The van der Waals surface area contributed by atoms with Crippen molar-refractivity contribution >= 4 is 0 Å². The molecule has 0 spiro atoms. The fourth-order valence-corrected chi connectivity index (χ4v) is 3.05. The van der Waals surface area contributed by atoms with Crippen LogP contribution in [0, 0.1) is 0 Å².